The van der Waals surface area contributed by atoms with Gasteiger partial charge in [-0.2, -0.15) is 0 Å². The molecule has 4 aromatic rings. The van der Waals surface area contributed by atoms with E-state index < -0.39 is 23.4 Å². The van der Waals surface area contributed by atoms with Gasteiger partial charge >= 0.3 is 0 Å². The van der Waals surface area contributed by atoms with Crippen LogP contribution in [-0.2, 0) is 0 Å². The Labute approximate surface area is 243 Å². The van der Waals surface area contributed by atoms with Gasteiger partial charge in [0.25, 0.3) is 0 Å². The lowest BCUT2D eigenvalue weighted by Crippen LogP contribution is -2.48. The van der Waals surface area contributed by atoms with Gasteiger partial charge in [0, 0.05) is 33.3 Å². The molecule has 3 unspecified atom stereocenters. The van der Waals surface area contributed by atoms with Gasteiger partial charge in [-0.3, -0.25) is 14.4 Å². The van der Waals surface area contributed by atoms with E-state index >= 15 is 0 Å². The number of carbonyl (C=O) groups is 3. The van der Waals surface area contributed by atoms with E-state index in [0.717, 1.165) is 16.8 Å². The third-order valence-corrected chi connectivity index (χ3v) is 9.06. The lowest BCUT2D eigenvalue weighted by Gasteiger charge is -2.37. The van der Waals surface area contributed by atoms with Gasteiger partial charge in [0.2, 0.25) is 0 Å². The number of methoxy groups -OCH3 is 1. The summed E-state index contributed by atoms with van der Waals surface area (Å²) in [6, 6.07) is 25.7. The molecule has 0 bridgehead atoms. The van der Waals surface area contributed by atoms with Crippen molar-refractivity contribution in [3.05, 3.63) is 135 Å². The van der Waals surface area contributed by atoms with Gasteiger partial charge in [-0.15, -0.1) is 0 Å². The second-order valence-corrected chi connectivity index (χ2v) is 11.4. The van der Waals surface area contributed by atoms with Crippen molar-refractivity contribution in [2.24, 2.45) is 5.41 Å². The van der Waals surface area contributed by atoms with E-state index in [0.29, 0.717) is 33.0 Å². The number of benzene rings is 4. The third-order valence-electron chi connectivity index (χ3n) is 8.81. The molecule has 7 rings (SSSR count). The van der Waals surface area contributed by atoms with Gasteiger partial charge in [-0.25, -0.2) is 0 Å². The lowest BCUT2D eigenvalue weighted by molar-refractivity contribution is 0.0666. The lowest BCUT2D eigenvalue weighted by atomic mass is 9.64. The molecule has 5 nitrogen and oxygen atoms in total. The molecule has 2 heterocycles. The van der Waals surface area contributed by atoms with Crippen LogP contribution in [0.4, 0.5) is 5.69 Å². The second kappa shape index (κ2) is 9.28. The van der Waals surface area contributed by atoms with E-state index in [4.69, 9.17) is 16.3 Å². The Morgan fingerprint density at radius 2 is 1.59 bits per heavy atom. The average Bonchev–Trinajstić information content (AvgIpc) is 3.43. The Balaban J connectivity index is 1.54. The van der Waals surface area contributed by atoms with Crippen molar-refractivity contribution < 1.29 is 19.1 Å². The van der Waals surface area contributed by atoms with E-state index in [-0.39, 0.29) is 17.3 Å². The molecule has 4 aromatic carbocycles. The summed E-state index contributed by atoms with van der Waals surface area (Å²) in [6.45, 7) is 2.02. The summed E-state index contributed by atoms with van der Waals surface area (Å²) in [5.41, 5.74) is 3.23. The van der Waals surface area contributed by atoms with Crippen molar-refractivity contribution in [3.8, 4) is 5.75 Å². The predicted octanol–water partition coefficient (Wildman–Crippen LogP) is 6.97. The summed E-state index contributed by atoms with van der Waals surface area (Å²) in [7, 11) is 1.56. The standard InChI is InChI=1S/C35H26ClNO4/c1-20-10-16-28-22(18-20)13-17-29-35(33(39)26-8-3-4-9-27(26)34(35)40)30(21-11-14-24(36)15-12-21)31(37(28)29)32(38)23-6-5-7-25(19-23)41-2/h3-19,29-31H,1-2H3. The van der Waals surface area contributed by atoms with Crippen molar-refractivity contribution in [1.82, 2.24) is 0 Å². The summed E-state index contributed by atoms with van der Waals surface area (Å²) in [4.78, 5) is 46.1. The normalized spacial score (nSPS) is 21.5. The zero-order valence-electron chi connectivity index (χ0n) is 22.5. The number of ether oxygens (including phenoxy) is 1. The Morgan fingerprint density at radius 3 is 2.27 bits per heavy atom. The van der Waals surface area contributed by atoms with Crippen molar-refractivity contribution in [2.45, 2.75) is 24.9 Å². The maximum absolute atomic E-state index is 14.8. The maximum atomic E-state index is 14.8. The van der Waals surface area contributed by atoms with Gasteiger partial charge in [0.05, 0.1) is 13.2 Å². The van der Waals surface area contributed by atoms with Crippen molar-refractivity contribution in [3.63, 3.8) is 0 Å². The van der Waals surface area contributed by atoms with E-state index in [1.165, 1.54) is 0 Å². The number of halogens is 1. The second-order valence-electron chi connectivity index (χ2n) is 10.9. The first-order valence-electron chi connectivity index (χ1n) is 13.6. The fraction of sp³-hybridized carbons (Fsp3) is 0.171. The summed E-state index contributed by atoms with van der Waals surface area (Å²) < 4.78 is 5.44. The first kappa shape index (κ1) is 25.5. The molecule has 0 aromatic heterocycles. The Kier molecular flexibility index (Phi) is 5.77. The number of hydrogen-bond acceptors (Lipinski definition) is 5. The Morgan fingerprint density at radius 1 is 0.878 bits per heavy atom. The molecule has 1 spiro atoms. The van der Waals surface area contributed by atoms with Crippen LogP contribution < -0.4 is 9.64 Å². The van der Waals surface area contributed by atoms with Gasteiger partial charge < -0.3 is 9.64 Å². The number of rotatable bonds is 4. The molecule has 1 aliphatic carbocycles. The molecule has 0 radical (unpaired) electrons. The van der Waals surface area contributed by atoms with Crippen LogP contribution in [0.15, 0.2) is 97.1 Å². The number of fused-ring (bicyclic) bond motifs is 5. The topological polar surface area (TPSA) is 63.7 Å². The number of aryl methyl sites for hydroxylation is 1. The summed E-state index contributed by atoms with van der Waals surface area (Å²) in [5.74, 6) is -0.932. The predicted molar refractivity (Wildman–Crippen MR) is 159 cm³/mol. The molecule has 1 fully saturated rings. The van der Waals surface area contributed by atoms with Crippen LogP contribution in [-0.4, -0.2) is 36.5 Å². The summed E-state index contributed by atoms with van der Waals surface area (Å²) >= 11 is 6.30. The first-order valence-corrected chi connectivity index (χ1v) is 13.9. The quantitative estimate of drug-likeness (QED) is 0.199. The largest absolute Gasteiger partial charge is 0.497 e. The molecule has 0 saturated carbocycles. The molecule has 6 heteroatoms. The SMILES string of the molecule is COc1cccc(C(=O)C2C(c3ccc(Cl)cc3)C3(C(=O)c4ccccc4C3=O)C3C=Cc4cc(C)ccc4N23)c1. The molecule has 3 aliphatic rings. The number of hydrogen-bond donors (Lipinski definition) is 0. The van der Waals surface area contributed by atoms with Crippen LogP contribution >= 0.6 is 11.6 Å². The highest BCUT2D eigenvalue weighted by atomic mass is 35.5. The highest BCUT2D eigenvalue weighted by molar-refractivity contribution is 6.32. The molecule has 41 heavy (non-hydrogen) atoms. The molecule has 3 atom stereocenters. The van der Waals surface area contributed by atoms with Gasteiger partial charge in [-0.05, 0) is 54.4 Å². The van der Waals surface area contributed by atoms with Gasteiger partial charge in [0.15, 0.2) is 17.3 Å². The van der Waals surface area contributed by atoms with Crippen molar-refractivity contribution >= 4 is 40.7 Å². The van der Waals surface area contributed by atoms with Crippen molar-refractivity contribution in [2.75, 3.05) is 12.0 Å². The Bertz CT molecular complexity index is 1760. The van der Waals surface area contributed by atoms with Gasteiger partial charge in [-0.1, -0.05) is 83.9 Å². The van der Waals surface area contributed by atoms with E-state index in [1.54, 1.807) is 67.8 Å². The molecule has 0 amide bonds. The van der Waals surface area contributed by atoms with E-state index in [1.807, 2.05) is 48.2 Å². The highest BCUT2D eigenvalue weighted by Gasteiger charge is 2.71. The minimum Gasteiger partial charge on any atom is -0.497 e. The highest BCUT2D eigenvalue weighted by Crippen LogP contribution is 2.61. The van der Waals surface area contributed by atoms with E-state index in [9.17, 15) is 14.4 Å². The Hall–Kier alpha value is -4.48. The number of carbonyl (C=O) groups excluding carboxylic acids is 3. The molecular formula is C35H26ClNO4. The van der Waals surface area contributed by atoms with E-state index in [2.05, 4.69) is 6.07 Å². The fourth-order valence-electron chi connectivity index (χ4n) is 7.09. The number of nitrogens with zero attached hydrogens (tertiary/aromatic N) is 1. The van der Waals surface area contributed by atoms with Crippen LogP contribution in [0.2, 0.25) is 5.02 Å². The maximum Gasteiger partial charge on any atom is 0.186 e. The zero-order chi connectivity index (χ0) is 28.5. The number of Topliss-reactive ketones (excluding diaryl/α,β-unsaturated/α-hetero) is 3. The number of anilines is 1. The minimum atomic E-state index is -1.55. The van der Waals surface area contributed by atoms with Crippen LogP contribution in [0.1, 0.15) is 53.7 Å². The minimum absolute atomic E-state index is 0.191. The molecular weight excluding hydrogens is 534 g/mol. The summed E-state index contributed by atoms with van der Waals surface area (Å²) in [6.07, 6.45) is 3.91. The summed E-state index contributed by atoms with van der Waals surface area (Å²) in [5, 5.41) is 0.530. The third kappa shape index (κ3) is 3.52. The number of ketones is 3. The van der Waals surface area contributed by atoms with Crippen LogP contribution in [0.5, 0.6) is 5.75 Å². The average molecular weight is 560 g/mol. The van der Waals surface area contributed by atoms with Crippen LogP contribution in [0.3, 0.4) is 0 Å². The smallest absolute Gasteiger partial charge is 0.186 e. The molecule has 1 saturated heterocycles. The first-order chi connectivity index (χ1) is 19.9. The van der Waals surface area contributed by atoms with Gasteiger partial charge in [0.1, 0.15) is 17.2 Å². The van der Waals surface area contributed by atoms with Crippen LogP contribution in [0, 0.1) is 12.3 Å². The molecule has 202 valence electrons. The molecule has 0 N–H and O–H groups in total. The molecule has 2 aliphatic heterocycles. The van der Waals surface area contributed by atoms with Crippen LogP contribution in [0.25, 0.3) is 6.08 Å². The van der Waals surface area contributed by atoms with Crippen molar-refractivity contribution in [1.29, 1.82) is 0 Å². The monoisotopic (exact) mass is 559 g/mol. The fourth-order valence-corrected chi connectivity index (χ4v) is 7.21. The zero-order valence-corrected chi connectivity index (χ0v) is 23.3.